The van der Waals surface area contributed by atoms with E-state index >= 15 is 0 Å². The Bertz CT molecular complexity index is 439. The first-order valence-corrected chi connectivity index (χ1v) is 6.74. The van der Waals surface area contributed by atoms with Crippen LogP contribution >= 0.6 is 27.5 Å². The van der Waals surface area contributed by atoms with Gasteiger partial charge >= 0.3 is 0 Å². The molecule has 5 heteroatoms. The normalized spacial score (nSPS) is 20.4. The summed E-state index contributed by atoms with van der Waals surface area (Å²) in [5.74, 6) is 0.0355. The Morgan fingerprint density at radius 1 is 1.59 bits per heavy atom. The van der Waals surface area contributed by atoms with E-state index in [1.165, 1.54) is 0 Å². The molecule has 17 heavy (non-hydrogen) atoms. The molecule has 1 aliphatic rings. The van der Waals surface area contributed by atoms with E-state index in [4.69, 9.17) is 11.6 Å². The van der Waals surface area contributed by atoms with E-state index < -0.39 is 0 Å². The summed E-state index contributed by atoms with van der Waals surface area (Å²) in [6.45, 7) is 4.46. The fourth-order valence-electron chi connectivity index (χ4n) is 1.97. The number of carbonyl (C=O) groups excluding carboxylic acids is 1. The Hall–Kier alpha value is -0.580. The van der Waals surface area contributed by atoms with Gasteiger partial charge in [-0.25, -0.2) is 0 Å². The van der Waals surface area contributed by atoms with Gasteiger partial charge in [-0.1, -0.05) is 17.7 Å². The van der Waals surface area contributed by atoms with Crippen molar-refractivity contribution < 1.29 is 4.79 Å². The van der Waals surface area contributed by atoms with Crippen molar-refractivity contribution in [3.05, 3.63) is 33.3 Å². The minimum Gasteiger partial charge on any atom is -0.333 e. The number of piperazine rings is 1. The summed E-state index contributed by atoms with van der Waals surface area (Å²) < 4.78 is 0.678. The van der Waals surface area contributed by atoms with Crippen LogP contribution in [0.15, 0.2) is 22.7 Å². The van der Waals surface area contributed by atoms with Gasteiger partial charge in [-0.3, -0.25) is 4.79 Å². The molecule has 0 aliphatic carbocycles. The van der Waals surface area contributed by atoms with Gasteiger partial charge in [0, 0.05) is 30.1 Å². The van der Waals surface area contributed by atoms with Crippen molar-refractivity contribution in [3.8, 4) is 0 Å². The molecule has 0 bridgehead atoms. The fraction of sp³-hybridized carbons (Fsp3) is 0.417. The smallest absolute Gasteiger partial charge is 0.255 e. The predicted octanol–water partition coefficient (Wildman–Crippen LogP) is 2.54. The number of carbonyl (C=O) groups is 1. The van der Waals surface area contributed by atoms with E-state index in [2.05, 4.69) is 21.2 Å². The molecule has 1 heterocycles. The standard InChI is InChI=1S/C12H14BrClN2O/c1-8-7-15-5-6-16(8)12(17)9-3-2-4-10(14)11(9)13/h2-4,8,15H,5-7H2,1H3/t8-/m1/s1. The molecule has 1 atom stereocenters. The van der Waals surface area contributed by atoms with Crippen molar-refractivity contribution >= 4 is 33.4 Å². The molecule has 0 unspecified atom stereocenters. The highest BCUT2D eigenvalue weighted by Gasteiger charge is 2.25. The molecular weight excluding hydrogens is 304 g/mol. The molecule has 1 aliphatic heterocycles. The molecule has 1 fully saturated rings. The molecule has 1 aromatic rings. The fourth-order valence-corrected chi connectivity index (χ4v) is 2.57. The summed E-state index contributed by atoms with van der Waals surface area (Å²) in [6.07, 6.45) is 0. The number of hydrogen-bond donors (Lipinski definition) is 1. The van der Waals surface area contributed by atoms with Gasteiger partial charge in [0.1, 0.15) is 0 Å². The number of benzene rings is 1. The van der Waals surface area contributed by atoms with Crippen LogP contribution in [-0.2, 0) is 0 Å². The largest absolute Gasteiger partial charge is 0.333 e. The summed E-state index contributed by atoms with van der Waals surface area (Å²) in [6, 6.07) is 5.58. The molecular formula is C12H14BrClN2O. The van der Waals surface area contributed by atoms with Crippen molar-refractivity contribution in [1.29, 1.82) is 0 Å². The summed E-state index contributed by atoms with van der Waals surface area (Å²) in [7, 11) is 0. The quantitative estimate of drug-likeness (QED) is 0.863. The maximum atomic E-state index is 12.4. The van der Waals surface area contributed by atoms with Crippen molar-refractivity contribution in [3.63, 3.8) is 0 Å². The zero-order valence-corrected chi connectivity index (χ0v) is 11.9. The van der Waals surface area contributed by atoms with Gasteiger partial charge in [0.25, 0.3) is 5.91 Å². The first-order valence-electron chi connectivity index (χ1n) is 5.57. The molecule has 0 radical (unpaired) electrons. The monoisotopic (exact) mass is 316 g/mol. The zero-order chi connectivity index (χ0) is 12.4. The third-order valence-corrected chi connectivity index (χ3v) is 4.34. The molecule has 1 saturated heterocycles. The van der Waals surface area contributed by atoms with E-state index in [-0.39, 0.29) is 11.9 Å². The number of nitrogens with one attached hydrogen (secondary N) is 1. The van der Waals surface area contributed by atoms with Crippen LogP contribution in [0, 0.1) is 0 Å². The zero-order valence-electron chi connectivity index (χ0n) is 9.54. The second-order valence-electron chi connectivity index (χ2n) is 4.15. The van der Waals surface area contributed by atoms with Crippen LogP contribution in [0.4, 0.5) is 0 Å². The van der Waals surface area contributed by atoms with Crippen molar-refractivity contribution in [1.82, 2.24) is 10.2 Å². The van der Waals surface area contributed by atoms with Gasteiger partial charge in [0.2, 0.25) is 0 Å². The van der Waals surface area contributed by atoms with Crippen LogP contribution in [-0.4, -0.2) is 36.5 Å². The van der Waals surface area contributed by atoms with Gasteiger partial charge in [0.05, 0.1) is 10.6 Å². The Balaban J connectivity index is 2.27. The molecule has 1 aromatic carbocycles. The van der Waals surface area contributed by atoms with E-state index in [0.717, 1.165) is 19.6 Å². The molecule has 0 spiro atoms. The number of amides is 1. The minimum absolute atomic E-state index is 0.0355. The Morgan fingerprint density at radius 3 is 3.06 bits per heavy atom. The second-order valence-corrected chi connectivity index (χ2v) is 5.35. The van der Waals surface area contributed by atoms with E-state index in [0.29, 0.717) is 15.1 Å². The SMILES string of the molecule is C[C@@H]1CNCCN1C(=O)c1cccc(Cl)c1Br. The first kappa shape index (κ1) is 12.9. The number of hydrogen-bond acceptors (Lipinski definition) is 2. The number of rotatable bonds is 1. The van der Waals surface area contributed by atoms with Crippen LogP contribution in [0.3, 0.4) is 0 Å². The predicted molar refractivity (Wildman–Crippen MR) is 72.5 cm³/mol. The lowest BCUT2D eigenvalue weighted by Crippen LogP contribution is -2.52. The Labute approximate surface area is 114 Å². The Morgan fingerprint density at radius 2 is 2.35 bits per heavy atom. The molecule has 1 amide bonds. The summed E-state index contributed by atoms with van der Waals surface area (Å²) in [5.41, 5.74) is 0.631. The van der Waals surface area contributed by atoms with Crippen LogP contribution in [0.25, 0.3) is 0 Å². The highest BCUT2D eigenvalue weighted by molar-refractivity contribution is 9.10. The van der Waals surface area contributed by atoms with Crippen LogP contribution in [0.1, 0.15) is 17.3 Å². The van der Waals surface area contributed by atoms with Crippen LogP contribution in [0.5, 0.6) is 0 Å². The average molecular weight is 318 g/mol. The molecule has 0 saturated carbocycles. The van der Waals surface area contributed by atoms with E-state index in [9.17, 15) is 4.79 Å². The summed E-state index contributed by atoms with van der Waals surface area (Å²) in [5, 5.41) is 3.83. The maximum Gasteiger partial charge on any atom is 0.255 e. The molecule has 1 N–H and O–H groups in total. The topological polar surface area (TPSA) is 32.3 Å². The lowest BCUT2D eigenvalue weighted by Gasteiger charge is -2.34. The van der Waals surface area contributed by atoms with Gasteiger partial charge in [-0.15, -0.1) is 0 Å². The molecule has 0 aromatic heterocycles. The van der Waals surface area contributed by atoms with Crippen molar-refractivity contribution in [2.45, 2.75) is 13.0 Å². The number of nitrogens with zero attached hydrogens (tertiary/aromatic N) is 1. The third kappa shape index (κ3) is 2.64. The lowest BCUT2D eigenvalue weighted by molar-refractivity contribution is 0.0655. The van der Waals surface area contributed by atoms with E-state index in [1.807, 2.05) is 11.8 Å². The highest BCUT2D eigenvalue weighted by Crippen LogP contribution is 2.27. The lowest BCUT2D eigenvalue weighted by atomic mass is 10.1. The van der Waals surface area contributed by atoms with Crippen LogP contribution < -0.4 is 5.32 Å². The van der Waals surface area contributed by atoms with Gasteiger partial charge in [-0.05, 0) is 35.0 Å². The van der Waals surface area contributed by atoms with Gasteiger partial charge in [0.15, 0.2) is 0 Å². The first-order chi connectivity index (χ1) is 8.11. The van der Waals surface area contributed by atoms with Crippen molar-refractivity contribution in [2.75, 3.05) is 19.6 Å². The van der Waals surface area contributed by atoms with Gasteiger partial charge in [-0.2, -0.15) is 0 Å². The van der Waals surface area contributed by atoms with Crippen molar-refractivity contribution in [2.24, 2.45) is 0 Å². The summed E-state index contributed by atoms with van der Waals surface area (Å²) >= 11 is 9.38. The summed E-state index contributed by atoms with van der Waals surface area (Å²) in [4.78, 5) is 14.3. The Kier molecular flexibility index (Phi) is 4.07. The maximum absolute atomic E-state index is 12.4. The third-order valence-electron chi connectivity index (χ3n) is 2.94. The van der Waals surface area contributed by atoms with Gasteiger partial charge < -0.3 is 10.2 Å². The second kappa shape index (κ2) is 5.38. The number of halogens is 2. The van der Waals surface area contributed by atoms with E-state index in [1.54, 1.807) is 18.2 Å². The molecule has 2 rings (SSSR count). The minimum atomic E-state index is 0.0355. The van der Waals surface area contributed by atoms with Crippen LogP contribution in [0.2, 0.25) is 5.02 Å². The highest BCUT2D eigenvalue weighted by atomic mass is 79.9. The molecule has 92 valence electrons. The average Bonchev–Trinajstić information content (AvgIpc) is 2.32. The molecule has 3 nitrogen and oxygen atoms in total.